The topological polar surface area (TPSA) is 76.0 Å². The molecule has 0 spiro atoms. The molecule has 0 saturated heterocycles. The van der Waals surface area contributed by atoms with E-state index < -0.39 is 10.0 Å². The van der Waals surface area contributed by atoms with Crippen molar-refractivity contribution in [3.8, 4) is 0 Å². The zero-order valence-corrected chi connectivity index (χ0v) is 12.6. The highest BCUT2D eigenvalue weighted by molar-refractivity contribution is 7.89. The first-order chi connectivity index (χ1) is 9.66. The number of rotatable bonds is 11. The Balaban J connectivity index is 1.49. The molecule has 1 saturated carbocycles. The van der Waals surface area contributed by atoms with Crippen LogP contribution in [-0.4, -0.2) is 43.1 Å². The van der Waals surface area contributed by atoms with E-state index in [1.807, 2.05) is 12.3 Å². The Morgan fingerprint density at radius 2 is 2.05 bits per heavy atom. The highest BCUT2D eigenvalue weighted by Gasteiger charge is 2.19. The zero-order valence-electron chi connectivity index (χ0n) is 11.8. The van der Waals surface area contributed by atoms with Gasteiger partial charge in [0.2, 0.25) is 10.0 Å². The third kappa shape index (κ3) is 6.49. The predicted molar refractivity (Wildman–Crippen MR) is 78.9 cm³/mol. The zero-order chi connectivity index (χ0) is 14.3. The van der Waals surface area contributed by atoms with E-state index in [1.165, 1.54) is 12.8 Å². The SMILES string of the molecule is O=S(=O)(CCCCNC1CC1)NCCCn1cccn1. The van der Waals surface area contributed by atoms with E-state index in [2.05, 4.69) is 15.1 Å². The molecule has 1 heterocycles. The molecule has 20 heavy (non-hydrogen) atoms. The predicted octanol–water partition coefficient (Wildman–Crippen LogP) is 0.725. The van der Waals surface area contributed by atoms with Crippen LogP contribution in [0.1, 0.15) is 32.1 Å². The number of nitrogens with one attached hydrogen (secondary N) is 2. The van der Waals surface area contributed by atoms with Gasteiger partial charge in [0.15, 0.2) is 0 Å². The van der Waals surface area contributed by atoms with Crippen molar-refractivity contribution in [2.75, 3.05) is 18.8 Å². The van der Waals surface area contributed by atoms with E-state index in [1.54, 1.807) is 10.9 Å². The second-order valence-electron chi connectivity index (χ2n) is 5.27. The van der Waals surface area contributed by atoms with E-state index >= 15 is 0 Å². The molecule has 2 N–H and O–H groups in total. The molecule has 1 aromatic heterocycles. The second-order valence-corrected chi connectivity index (χ2v) is 7.20. The van der Waals surface area contributed by atoms with Gasteiger partial charge in [0.1, 0.15) is 0 Å². The molecule has 0 aliphatic heterocycles. The lowest BCUT2D eigenvalue weighted by molar-refractivity contribution is 0.549. The van der Waals surface area contributed by atoms with Crippen molar-refractivity contribution in [1.82, 2.24) is 19.8 Å². The molecule has 0 radical (unpaired) electrons. The Labute approximate surface area is 121 Å². The first-order valence-corrected chi connectivity index (χ1v) is 8.99. The van der Waals surface area contributed by atoms with Gasteiger partial charge in [-0.05, 0) is 44.7 Å². The molecule has 0 bridgehead atoms. The molecule has 0 amide bonds. The fourth-order valence-electron chi connectivity index (χ4n) is 1.98. The van der Waals surface area contributed by atoms with Gasteiger partial charge in [0.05, 0.1) is 5.75 Å². The lowest BCUT2D eigenvalue weighted by Gasteiger charge is -2.07. The van der Waals surface area contributed by atoms with Crippen molar-refractivity contribution >= 4 is 10.0 Å². The van der Waals surface area contributed by atoms with Gasteiger partial charge >= 0.3 is 0 Å². The Morgan fingerprint density at radius 1 is 1.20 bits per heavy atom. The third-order valence-corrected chi connectivity index (χ3v) is 4.77. The smallest absolute Gasteiger partial charge is 0.211 e. The minimum atomic E-state index is -3.12. The Hall–Kier alpha value is -0.920. The summed E-state index contributed by atoms with van der Waals surface area (Å²) in [6, 6.07) is 2.56. The standard InChI is InChI=1S/C13H24N4O2S/c18-20(19,12-2-1-7-14-13-5-6-13)16-9-4-11-17-10-3-8-15-17/h3,8,10,13-14,16H,1-2,4-7,9,11-12H2. The second kappa shape index (κ2) is 7.75. The van der Waals surface area contributed by atoms with Gasteiger partial charge < -0.3 is 5.32 Å². The molecule has 0 aromatic carbocycles. The lowest BCUT2D eigenvalue weighted by atomic mass is 10.3. The largest absolute Gasteiger partial charge is 0.314 e. The molecular weight excluding hydrogens is 276 g/mol. The first kappa shape index (κ1) is 15.5. The Bertz CT molecular complexity index is 469. The molecule has 114 valence electrons. The van der Waals surface area contributed by atoms with Crippen LogP contribution < -0.4 is 10.0 Å². The minimum absolute atomic E-state index is 0.223. The highest BCUT2D eigenvalue weighted by atomic mass is 32.2. The van der Waals surface area contributed by atoms with E-state index in [9.17, 15) is 8.42 Å². The van der Waals surface area contributed by atoms with E-state index in [0.717, 1.165) is 25.9 Å². The molecule has 7 heteroatoms. The monoisotopic (exact) mass is 300 g/mol. The van der Waals surface area contributed by atoms with Gasteiger partial charge in [0.25, 0.3) is 0 Å². The molecule has 0 unspecified atom stereocenters. The van der Waals surface area contributed by atoms with Crippen LogP contribution in [0, 0.1) is 0 Å². The molecule has 1 fully saturated rings. The number of hydrogen-bond donors (Lipinski definition) is 2. The van der Waals surface area contributed by atoms with Gasteiger partial charge in [-0.25, -0.2) is 13.1 Å². The van der Waals surface area contributed by atoms with E-state index in [0.29, 0.717) is 19.0 Å². The summed E-state index contributed by atoms with van der Waals surface area (Å²) in [5, 5.41) is 7.46. The van der Waals surface area contributed by atoms with Crippen LogP contribution in [-0.2, 0) is 16.6 Å². The average molecular weight is 300 g/mol. The Morgan fingerprint density at radius 3 is 2.75 bits per heavy atom. The molecule has 1 aliphatic carbocycles. The van der Waals surface area contributed by atoms with Gasteiger partial charge in [-0.3, -0.25) is 4.68 Å². The van der Waals surface area contributed by atoms with Gasteiger partial charge in [-0.2, -0.15) is 5.10 Å². The average Bonchev–Trinajstić information content (AvgIpc) is 3.09. The molecule has 6 nitrogen and oxygen atoms in total. The van der Waals surface area contributed by atoms with Crippen molar-refractivity contribution in [2.24, 2.45) is 0 Å². The van der Waals surface area contributed by atoms with Crippen LogP contribution in [0.5, 0.6) is 0 Å². The van der Waals surface area contributed by atoms with E-state index in [-0.39, 0.29) is 5.75 Å². The first-order valence-electron chi connectivity index (χ1n) is 7.34. The van der Waals surface area contributed by atoms with Crippen molar-refractivity contribution in [3.05, 3.63) is 18.5 Å². The van der Waals surface area contributed by atoms with Crippen LogP contribution >= 0.6 is 0 Å². The fourth-order valence-corrected chi connectivity index (χ4v) is 3.17. The van der Waals surface area contributed by atoms with Crippen molar-refractivity contribution < 1.29 is 8.42 Å². The lowest BCUT2D eigenvalue weighted by Crippen LogP contribution is -2.28. The maximum Gasteiger partial charge on any atom is 0.211 e. The number of aromatic nitrogens is 2. The fraction of sp³-hybridized carbons (Fsp3) is 0.769. The molecule has 1 aromatic rings. The summed E-state index contributed by atoms with van der Waals surface area (Å²) in [7, 11) is -3.12. The summed E-state index contributed by atoms with van der Waals surface area (Å²) in [5.74, 6) is 0.223. The quantitative estimate of drug-likeness (QED) is 0.591. The number of aryl methyl sites for hydroxylation is 1. The maximum absolute atomic E-state index is 11.7. The summed E-state index contributed by atoms with van der Waals surface area (Å²) >= 11 is 0. The van der Waals surface area contributed by atoms with Crippen molar-refractivity contribution in [3.63, 3.8) is 0 Å². The van der Waals surface area contributed by atoms with Crippen LogP contribution in [0.2, 0.25) is 0 Å². The highest BCUT2D eigenvalue weighted by Crippen LogP contribution is 2.18. The summed E-state index contributed by atoms with van der Waals surface area (Å²) < 4.78 is 27.9. The van der Waals surface area contributed by atoms with Gasteiger partial charge in [-0.15, -0.1) is 0 Å². The van der Waals surface area contributed by atoms with E-state index in [4.69, 9.17) is 0 Å². The normalized spacial score (nSPS) is 15.6. The molecule has 2 rings (SSSR count). The van der Waals surface area contributed by atoms with Crippen LogP contribution in [0.3, 0.4) is 0 Å². The minimum Gasteiger partial charge on any atom is -0.314 e. The van der Waals surface area contributed by atoms with Gasteiger partial charge in [-0.1, -0.05) is 0 Å². The van der Waals surface area contributed by atoms with Crippen LogP contribution in [0.15, 0.2) is 18.5 Å². The summed E-state index contributed by atoms with van der Waals surface area (Å²) in [6.07, 6.45) is 8.54. The van der Waals surface area contributed by atoms with Gasteiger partial charge in [0, 0.05) is 31.5 Å². The summed E-state index contributed by atoms with van der Waals surface area (Å²) in [6.45, 7) is 2.14. The number of unbranched alkanes of at least 4 members (excludes halogenated alkanes) is 1. The molecule has 0 atom stereocenters. The number of sulfonamides is 1. The number of nitrogens with zero attached hydrogens (tertiary/aromatic N) is 2. The molecular formula is C13H24N4O2S. The van der Waals surface area contributed by atoms with Crippen LogP contribution in [0.4, 0.5) is 0 Å². The third-order valence-electron chi connectivity index (χ3n) is 3.30. The number of hydrogen-bond acceptors (Lipinski definition) is 4. The summed E-state index contributed by atoms with van der Waals surface area (Å²) in [4.78, 5) is 0. The Kier molecular flexibility index (Phi) is 6.00. The van der Waals surface area contributed by atoms with Crippen molar-refractivity contribution in [2.45, 2.75) is 44.7 Å². The van der Waals surface area contributed by atoms with Crippen LogP contribution in [0.25, 0.3) is 0 Å². The maximum atomic E-state index is 11.7. The molecule has 1 aliphatic rings. The summed E-state index contributed by atoms with van der Waals surface area (Å²) in [5.41, 5.74) is 0. The van der Waals surface area contributed by atoms with Crippen molar-refractivity contribution in [1.29, 1.82) is 0 Å².